The van der Waals surface area contributed by atoms with Crippen molar-refractivity contribution in [1.29, 1.82) is 0 Å². The second kappa shape index (κ2) is 6.85. The molecular formula is C15H20N4O2S. The molecule has 1 heterocycles. The molecule has 0 spiro atoms. The van der Waals surface area contributed by atoms with E-state index in [0.717, 1.165) is 29.8 Å². The van der Waals surface area contributed by atoms with Crippen LogP contribution in [0.3, 0.4) is 0 Å². The second-order valence-corrected chi connectivity index (χ2v) is 6.78. The highest BCUT2D eigenvalue weighted by Crippen LogP contribution is 2.12. The van der Waals surface area contributed by atoms with Crippen molar-refractivity contribution in [3.8, 4) is 0 Å². The second-order valence-electron chi connectivity index (χ2n) is 5.10. The fourth-order valence-corrected chi connectivity index (χ4v) is 2.92. The Morgan fingerprint density at radius 3 is 2.18 bits per heavy atom. The summed E-state index contributed by atoms with van der Waals surface area (Å²) in [6.45, 7) is 5.72. The molecule has 0 atom stereocenters. The number of hydrazine groups is 1. The van der Waals surface area contributed by atoms with Gasteiger partial charge in [0.05, 0.1) is 4.90 Å². The lowest BCUT2D eigenvalue weighted by molar-refractivity contribution is 0.587. The summed E-state index contributed by atoms with van der Waals surface area (Å²) in [5.41, 5.74) is 5.19. The minimum Gasteiger partial charge on any atom is -0.276 e. The van der Waals surface area contributed by atoms with Crippen LogP contribution in [0.25, 0.3) is 0 Å². The normalized spacial score (nSPS) is 11.4. The third-order valence-corrected chi connectivity index (χ3v) is 4.32. The maximum absolute atomic E-state index is 12.2. The Morgan fingerprint density at radius 1 is 1.05 bits per heavy atom. The highest BCUT2D eigenvalue weighted by molar-refractivity contribution is 7.89. The summed E-state index contributed by atoms with van der Waals surface area (Å²) in [6, 6.07) is 8.65. The number of nitrogens with zero attached hydrogens (tertiary/aromatic N) is 2. The molecule has 0 aliphatic carbocycles. The standard InChI is InChI=1S/C15H20N4O2S/c1-4-5-13-6-8-14(9-7-13)22(20,21)19-18-15-16-11(2)10-12(3)17-15/h6-10,19H,4-5H2,1-3H3,(H,16,17,18). The summed E-state index contributed by atoms with van der Waals surface area (Å²) in [4.78, 5) is 10.7. The molecular weight excluding hydrogens is 300 g/mol. The lowest BCUT2D eigenvalue weighted by Crippen LogP contribution is -2.30. The minimum absolute atomic E-state index is 0.198. The number of aromatic nitrogens is 2. The lowest BCUT2D eigenvalue weighted by atomic mass is 10.1. The molecule has 1 aromatic heterocycles. The van der Waals surface area contributed by atoms with Crippen LogP contribution < -0.4 is 10.3 Å². The maximum atomic E-state index is 12.2. The van der Waals surface area contributed by atoms with Crippen LogP contribution in [0, 0.1) is 13.8 Å². The molecule has 6 nitrogen and oxygen atoms in total. The number of anilines is 1. The topological polar surface area (TPSA) is 84.0 Å². The number of hydrogen-bond acceptors (Lipinski definition) is 5. The van der Waals surface area contributed by atoms with Crippen LogP contribution in [0.5, 0.6) is 0 Å². The van der Waals surface area contributed by atoms with E-state index < -0.39 is 10.0 Å². The van der Waals surface area contributed by atoms with Gasteiger partial charge in [-0.25, -0.2) is 18.4 Å². The predicted octanol–water partition coefficient (Wildman–Crippen LogP) is 2.35. The summed E-state index contributed by atoms with van der Waals surface area (Å²) in [7, 11) is -3.66. The largest absolute Gasteiger partial charge is 0.276 e. The number of sulfonamides is 1. The molecule has 2 aromatic rings. The van der Waals surface area contributed by atoms with Gasteiger partial charge in [-0.1, -0.05) is 25.5 Å². The molecule has 0 saturated heterocycles. The van der Waals surface area contributed by atoms with Crippen molar-refractivity contribution in [3.63, 3.8) is 0 Å². The van der Waals surface area contributed by atoms with Gasteiger partial charge in [-0.3, -0.25) is 5.43 Å². The van der Waals surface area contributed by atoms with Crippen LogP contribution in [0.1, 0.15) is 30.3 Å². The zero-order chi connectivity index (χ0) is 16.2. The number of nitrogens with one attached hydrogen (secondary N) is 2. The van der Waals surface area contributed by atoms with Gasteiger partial charge in [-0.05, 0) is 44.0 Å². The third-order valence-electron chi connectivity index (χ3n) is 3.05. The van der Waals surface area contributed by atoms with Crippen LogP contribution in [0.15, 0.2) is 35.2 Å². The lowest BCUT2D eigenvalue weighted by Gasteiger charge is -2.09. The van der Waals surface area contributed by atoms with E-state index in [1.807, 2.05) is 32.0 Å². The van der Waals surface area contributed by atoms with Gasteiger partial charge < -0.3 is 0 Å². The van der Waals surface area contributed by atoms with Crippen LogP contribution in [-0.2, 0) is 16.4 Å². The zero-order valence-corrected chi connectivity index (χ0v) is 13.7. The Morgan fingerprint density at radius 2 is 1.64 bits per heavy atom. The van der Waals surface area contributed by atoms with E-state index in [9.17, 15) is 8.42 Å². The first-order valence-corrected chi connectivity index (χ1v) is 8.58. The van der Waals surface area contributed by atoms with E-state index in [2.05, 4.69) is 27.1 Å². The molecule has 0 bridgehead atoms. The first kappa shape index (κ1) is 16.4. The van der Waals surface area contributed by atoms with E-state index in [4.69, 9.17) is 0 Å². The minimum atomic E-state index is -3.66. The Balaban J connectivity index is 2.10. The van der Waals surface area contributed by atoms with Gasteiger partial charge in [0.2, 0.25) is 5.95 Å². The summed E-state index contributed by atoms with van der Waals surface area (Å²) in [6.07, 6.45) is 1.96. The van der Waals surface area contributed by atoms with E-state index in [1.165, 1.54) is 0 Å². The summed E-state index contributed by atoms with van der Waals surface area (Å²) >= 11 is 0. The van der Waals surface area contributed by atoms with Gasteiger partial charge in [-0.15, -0.1) is 4.83 Å². The first-order chi connectivity index (χ1) is 10.4. The fraction of sp³-hybridized carbons (Fsp3) is 0.333. The number of rotatable bonds is 6. The smallest absolute Gasteiger partial charge is 0.257 e. The van der Waals surface area contributed by atoms with Crippen molar-refractivity contribution >= 4 is 16.0 Å². The van der Waals surface area contributed by atoms with Crippen LogP contribution in [0.2, 0.25) is 0 Å². The molecule has 0 amide bonds. The molecule has 22 heavy (non-hydrogen) atoms. The number of benzene rings is 1. The zero-order valence-electron chi connectivity index (χ0n) is 12.9. The molecule has 1 aromatic carbocycles. The highest BCUT2D eigenvalue weighted by Gasteiger charge is 2.14. The molecule has 0 aliphatic heterocycles. The van der Waals surface area contributed by atoms with Gasteiger partial charge in [0, 0.05) is 11.4 Å². The van der Waals surface area contributed by atoms with Crippen molar-refractivity contribution in [1.82, 2.24) is 14.8 Å². The van der Waals surface area contributed by atoms with Gasteiger partial charge in [0.25, 0.3) is 10.0 Å². The van der Waals surface area contributed by atoms with E-state index in [1.54, 1.807) is 12.1 Å². The van der Waals surface area contributed by atoms with Crippen molar-refractivity contribution in [2.45, 2.75) is 38.5 Å². The summed E-state index contributed by atoms with van der Waals surface area (Å²) in [5.74, 6) is 0.226. The van der Waals surface area contributed by atoms with Crippen LogP contribution in [-0.4, -0.2) is 18.4 Å². The fourth-order valence-electron chi connectivity index (χ4n) is 2.08. The Kier molecular flexibility index (Phi) is 5.10. The molecule has 0 unspecified atom stereocenters. The predicted molar refractivity (Wildman–Crippen MR) is 85.9 cm³/mol. The number of aryl methyl sites for hydroxylation is 3. The third kappa shape index (κ3) is 4.25. The van der Waals surface area contributed by atoms with E-state index in [-0.39, 0.29) is 10.8 Å². The Labute approximate surface area is 131 Å². The van der Waals surface area contributed by atoms with Crippen molar-refractivity contribution in [2.24, 2.45) is 0 Å². The molecule has 2 N–H and O–H groups in total. The molecule has 0 aliphatic rings. The number of hydrogen-bond donors (Lipinski definition) is 2. The van der Waals surface area contributed by atoms with Gasteiger partial charge in [0.1, 0.15) is 0 Å². The highest BCUT2D eigenvalue weighted by atomic mass is 32.2. The van der Waals surface area contributed by atoms with Gasteiger partial charge >= 0.3 is 0 Å². The monoisotopic (exact) mass is 320 g/mol. The molecule has 2 rings (SSSR count). The average Bonchev–Trinajstić information content (AvgIpc) is 2.45. The van der Waals surface area contributed by atoms with Gasteiger partial charge in [0.15, 0.2) is 0 Å². The van der Waals surface area contributed by atoms with Crippen LogP contribution in [0.4, 0.5) is 5.95 Å². The van der Waals surface area contributed by atoms with E-state index >= 15 is 0 Å². The quantitative estimate of drug-likeness (QED) is 0.798. The first-order valence-electron chi connectivity index (χ1n) is 7.10. The summed E-state index contributed by atoms with van der Waals surface area (Å²) < 4.78 is 24.4. The molecule has 0 radical (unpaired) electrons. The van der Waals surface area contributed by atoms with E-state index in [0.29, 0.717) is 0 Å². The maximum Gasteiger partial charge on any atom is 0.257 e. The van der Waals surface area contributed by atoms with Crippen molar-refractivity contribution < 1.29 is 8.42 Å². The van der Waals surface area contributed by atoms with Crippen molar-refractivity contribution in [3.05, 3.63) is 47.3 Å². The molecule has 0 saturated carbocycles. The molecule has 7 heteroatoms. The SMILES string of the molecule is CCCc1ccc(S(=O)(=O)NNc2nc(C)cc(C)n2)cc1. The Hall–Kier alpha value is -1.99. The Bertz CT molecular complexity index is 722. The van der Waals surface area contributed by atoms with Gasteiger partial charge in [-0.2, -0.15) is 0 Å². The molecule has 0 fully saturated rings. The van der Waals surface area contributed by atoms with Crippen LogP contribution >= 0.6 is 0 Å². The molecule has 118 valence electrons. The van der Waals surface area contributed by atoms with Crippen molar-refractivity contribution in [2.75, 3.05) is 5.43 Å². The average molecular weight is 320 g/mol. The summed E-state index contributed by atoms with van der Waals surface area (Å²) in [5, 5.41) is 0.